The summed E-state index contributed by atoms with van der Waals surface area (Å²) in [6.45, 7) is 1.20. The van der Waals surface area contributed by atoms with Crippen LogP contribution in [0.2, 0.25) is 0 Å². The Morgan fingerprint density at radius 2 is 2.03 bits per heavy atom. The number of rotatable bonds is 5. The van der Waals surface area contributed by atoms with E-state index in [2.05, 4.69) is 15.6 Å². The molecule has 1 aliphatic carbocycles. The van der Waals surface area contributed by atoms with Gasteiger partial charge in [0.05, 0.1) is 17.8 Å². The molecule has 1 aliphatic heterocycles. The highest BCUT2D eigenvalue weighted by Crippen LogP contribution is 2.33. The van der Waals surface area contributed by atoms with Gasteiger partial charge in [-0.25, -0.2) is 4.98 Å². The lowest BCUT2D eigenvalue weighted by Gasteiger charge is -2.25. The first-order chi connectivity index (χ1) is 13.8. The van der Waals surface area contributed by atoms with Crippen molar-refractivity contribution in [2.24, 2.45) is 5.92 Å². The monoisotopic (exact) mass is 424 g/mol. The molecule has 0 atom stereocenters. The van der Waals surface area contributed by atoms with E-state index in [9.17, 15) is 22.8 Å². The molecule has 0 bridgehead atoms. The average Bonchev–Trinajstić information content (AvgIpc) is 3.42. The first-order valence-electron chi connectivity index (χ1n) is 9.27. The SMILES string of the molecule is O=C(CN1CCc2nc(NC(=O)C3CC3)sc2C1)Nc1cccc(C(F)(F)F)c1. The highest BCUT2D eigenvalue weighted by atomic mass is 32.1. The van der Waals surface area contributed by atoms with E-state index in [-0.39, 0.29) is 30.0 Å². The molecule has 0 spiro atoms. The van der Waals surface area contributed by atoms with Crippen LogP contribution in [0.4, 0.5) is 24.0 Å². The Bertz CT molecular complexity index is 940. The second-order valence-electron chi connectivity index (χ2n) is 7.24. The van der Waals surface area contributed by atoms with Crippen LogP contribution in [0.25, 0.3) is 0 Å². The Balaban J connectivity index is 1.33. The Morgan fingerprint density at radius 3 is 2.76 bits per heavy atom. The Hall–Kier alpha value is -2.46. The minimum absolute atomic E-state index is 0.00779. The van der Waals surface area contributed by atoms with Crippen molar-refractivity contribution in [2.45, 2.75) is 32.0 Å². The van der Waals surface area contributed by atoms with Crippen LogP contribution in [-0.2, 0) is 28.7 Å². The van der Waals surface area contributed by atoms with E-state index in [0.29, 0.717) is 24.6 Å². The molecular formula is C19H19F3N4O2S. The number of benzene rings is 1. The largest absolute Gasteiger partial charge is 0.416 e. The molecule has 29 heavy (non-hydrogen) atoms. The number of alkyl halides is 3. The van der Waals surface area contributed by atoms with Crippen molar-refractivity contribution in [3.63, 3.8) is 0 Å². The van der Waals surface area contributed by atoms with Gasteiger partial charge in [-0.1, -0.05) is 6.07 Å². The van der Waals surface area contributed by atoms with Gasteiger partial charge in [-0.2, -0.15) is 13.2 Å². The highest BCUT2D eigenvalue weighted by Gasteiger charge is 2.32. The summed E-state index contributed by atoms with van der Waals surface area (Å²) in [5.41, 5.74) is 0.240. The molecule has 2 amide bonds. The van der Waals surface area contributed by atoms with Gasteiger partial charge in [-0.3, -0.25) is 14.5 Å². The molecule has 0 saturated heterocycles. The average molecular weight is 424 g/mol. The Morgan fingerprint density at radius 1 is 1.24 bits per heavy atom. The van der Waals surface area contributed by atoms with Gasteiger partial charge in [0, 0.05) is 36.0 Å². The maximum absolute atomic E-state index is 12.8. The van der Waals surface area contributed by atoms with Crippen LogP contribution in [0.1, 0.15) is 29.0 Å². The highest BCUT2D eigenvalue weighted by molar-refractivity contribution is 7.15. The van der Waals surface area contributed by atoms with Gasteiger partial charge >= 0.3 is 6.18 Å². The second kappa shape index (κ2) is 7.75. The fourth-order valence-electron chi connectivity index (χ4n) is 3.17. The van der Waals surface area contributed by atoms with Crippen molar-refractivity contribution < 1.29 is 22.8 Å². The molecule has 1 fully saturated rings. The maximum atomic E-state index is 12.8. The van der Waals surface area contributed by atoms with Gasteiger partial charge in [-0.15, -0.1) is 11.3 Å². The van der Waals surface area contributed by atoms with Gasteiger partial charge in [0.15, 0.2) is 5.13 Å². The van der Waals surface area contributed by atoms with Crippen molar-refractivity contribution in [2.75, 3.05) is 23.7 Å². The predicted octanol–water partition coefficient (Wildman–Crippen LogP) is 3.51. The van der Waals surface area contributed by atoms with Gasteiger partial charge in [0.25, 0.3) is 0 Å². The molecule has 2 N–H and O–H groups in total. The van der Waals surface area contributed by atoms with Crippen LogP contribution in [0, 0.1) is 5.92 Å². The zero-order valence-corrected chi connectivity index (χ0v) is 16.2. The molecule has 1 aromatic heterocycles. The van der Waals surface area contributed by atoms with Crippen molar-refractivity contribution in [3.8, 4) is 0 Å². The van der Waals surface area contributed by atoms with E-state index in [1.165, 1.54) is 23.5 Å². The number of hydrogen-bond acceptors (Lipinski definition) is 5. The van der Waals surface area contributed by atoms with E-state index >= 15 is 0 Å². The zero-order chi connectivity index (χ0) is 20.6. The van der Waals surface area contributed by atoms with Crippen LogP contribution < -0.4 is 10.6 Å². The third-order valence-electron chi connectivity index (χ3n) is 4.83. The fourth-order valence-corrected chi connectivity index (χ4v) is 4.22. The van der Waals surface area contributed by atoms with Gasteiger partial charge in [0.2, 0.25) is 11.8 Å². The molecule has 2 aliphatic rings. The first kappa shape index (κ1) is 19.8. The summed E-state index contributed by atoms with van der Waals surface area (Å²) in [4.78, 5) is 31.5. The fraction of sp³-hybridized carbons (Fsp3) is 0.421. The Labute approximate surface area is 169 Å². The quantitative estimate of drug-likeness (QED) is 0.771. The number of fused-ring (bicyclic) bond motifs is 1. The van der Waals surface area contributed by atoms with Crippen molar-refractivity contribution in [1.29, 1.82) is 0 Å². The molecule has 10 heteroatoms. The van der Waals surface area contributed by atoms with Crippen molar-refractivity contribution >= 4 is 34.0 Å². The number of carbonyl (C=O) groups excluding carboxylic acids is 2. The molecular weight excluding hydrogens is 405 g/mol. The number of thiazole rings is 1. The maximum Gasteiger partial charge on any atom is 0.416 e. The van der Waals surface area contributed by atoms with Crippen LogP contribution in [0.5, 0.6) is 0 Å². The summed E-state index contributed by atoms with van der Waals surface area (Å²) in [5, 5.41) is 5.96. The number of halogens is 3. The van der Waals surface area contributed by atoms with Crippen LogP contribution in [0.3, 0.4) is 0 Å². The number of carbonyl (C=O) groups is 2. The summed E-state index contributed by atoms with van der Waals surface area (Å²) < 4.78 is 38.4. The molecule has 2 heterocycles. The molecule has 0 unspecified atom stereocenters. The van der Waals surface area contributed by atoms with Crippen LogP contribution in [0.15, 0.2) is 24.3 Å². The lowest BCUT2D eigenvalue weighted by molar-refractivity contribution is -0.137. The van der Waals surface area contributed by atoms with E-state index in [1.54, 1.807) is 0 Å². The third-order valence-corrected chi connectivity index (χ3v) is 5.83. The molecule has 1 saturated carbocycles. The number of anilines is 2. The van der Waals surface area contributed by atoms with Gasteiger partial charge < -0.3 is 10.6 Å². The molecule has 2 aromatic rings. The number of nitrogens with zero attached hydrogens (tertiary/aromatic N) is 2. The predicted molar refractivity (Wildman–Crippen MR) is 103 cm³/mol. The van der Waals surface area contributed by atoms with Crippen molar-refractivity contribution in [3.05, 3.63) is 40.4 Å². The minimum Gasteiger partial charge on any atom is -0.325 e. The topological polar surface area (TPSA) is 74.3 Å². The number of nitrogens with one attached hydrogen (secondary N) is 2. The number of hydrogen-bond donors (Lipinski definition) is 2. The summed E-state index contributed by atoms with van der Waals surface area (Å²) in [6, 6.07) is 4.58. The van der Waals surface area contributed by atoms with E-state index in [0.717, 1.165) is 35.5 Å². The molecule has 154 valence electrons. The molecule has 4 rings (SSSR count). The van der Waals surface area contributed by atoms with E-state index < -0.39 is 11.7 Å². The second-order valence-corrected chi connectivity index (χ2v) is 8.32. The van der Waals surface area contributed by atoms with Crippen LogP contribution >= 0.6 is 11.3 Å². The van der Waals surface area contributed by atoms with Crippen LogP contribution in [-0.4, -0.2) is 34.8 Å². The summed E-state index contributed by atoms with van der Waals surface area (Å²) in [7, 11) is 0. The van der Waals surface area contributed by atoms with Gasteiger partial charge in [-0.05, 0) is 31.0 Å². The normalized spacial score (nSPS) is 16.9. The Kier molecular flexibility index (Phi) is 5.30. The summed E-state index contributed by atoms with van der Waals surface area (Å²) in [5.74, 6) is -0.264. The standard InChI is InChI=1S/C19H19F3N4O2S/c20-19(21,22)12-2-1-3-13(8-12)23-16(27)10-26-7-6-14-15(9-26)29-18(24-14)25-17(28)11-4-5-11/h1-3,8,11H,4-7,9-10H2,(H,23,27)(H,24,25,28). The lowest BCUT2D eigenvalue weighted by atomic mass is 10.1. The third kappa shape index (κ3) is 4.94. The lowest BCUT2D eigenvalue weighted by Crippen LogP contribution is -2.36. The van der Waals surface area contributed by atoms with Crippen molar-refractivity contribution in [1.82, 2.24) is 9.88 Å². The molecule has 6 nitrogen and oxygen atoms in total. The first-order valence-corrected chi connectivity index (χ1v) is 10.1. The number of aromatic nitrogens is 1. The molecule has 1 aromatic carbocycles. The van der Waals surface area contributed by atoms with E-state index in [4.69, 9.17) is 0 Å². The smallest absolute Gasteiger partial charge is 0.325 e. The summed E-state index contributed by atoms with van der Waals surface area (Å²) in [6.07, 6.45) is -1.96. The minimum atomic E-state index is -4.46. The number of amides is 2. The van der Waals surface area contributed by atoms with Gasteiger partial charge in [0.1, 0.15) is 0 Å². The summed E-state index contributed by atoms with van der Waals surface area (Å²) >= 11 is 1.41. The zero-order valence-electron chi connectivity index (χ0n) is 15.4. The van der Waals surface area contributed by atoms with E-state index in [1.807, 2.05) is 4.90 Å². The molecule has 0 radical (unpaired) electrons.